The molecule has 1 aromatic heterocycles. The third kappa shape index (κ3) is 4.75. The Balaban J connectivity index is 1.98. The summed E-state index contributed by atoms with van der Waals surface area (Å²) in [6.07, 6.45) is 2.80. The molecule has 0 aliphatic carbocycles. The van der Waals surface area contributed by atoms with Crippen molar-refractivity contribution in [2.24, 2.45) is 7.05 Å². The number of nitrogens with one attached hydrogen (secondary N) is 1. The van der Waals surface area contributed by atoms with Gasteiger partial charge in [-0.3, -0.25) is 4.68 Å². The monoisotopic (exact) mass is 333 g/mol. The van der Waals surface area contributed by atoms with Gasteiger partial charge in [-0.05, 0) is 43.5 Å². The standard InChI is InChI=1S/C18H27N3OS/c1-4-17-16(18(5-2)21(3)20-17)13-19-14-7-9-15(10-8-14)23-12-6-11-22/h7-10,19,22H,4-6,11-13H2,1-3H3. The number of aromatic nitrogens is 2. The predicted octanol–water partition coefficient (Wildman–Crippen LogP) is 3.63. The SMILES string of the molecule is CCc1nn(C)c(CC)c1CNc1ccc(SCCCO)cc1. The Kier molecular flexibility index (Phi) is 6.99. The molecule has 0 atom stereocenters. The minimum atomic E-state index is 0.261. The number of nitrogens with zero attached hydrogens (tertiary/aromatic N) is 2. The smallest absolute Gasteiger partial charge is 0.0674 e. The summed E-state index contributed by atoms with van der Waals surface area (Å²) in [6.45, 7) is 5.41. The fourth-order valence-corrected chi connectivity index (χ4v) is 3.55. The number of aliphatic hydroxyl groups is 1. The molecule has 1 heterocycles. The normalized spacial score (nSPS) is 11.0. The molecule has 0 saturated carbocycles. The second-order valence-corrected chi connectivity index (χ2v) is 6.67. The molecule has 1 aromatic carbocycles. The van der Waals surface area contributed by atoms with Crippen LogP contribution < -0.4 is 5.32 Å². The Morgan fingerprint density at radius 3 is 2.52 bits per heavy atom. The minimum absolute atomic E-state index is 0.261. The van der Waals surface area contributed by atoms with Gasteiger partial charge in [-0.2, -0.15) is 5.10 Å². The number of thioether (sulfide) groups is 1. The lowest BCUT2D eigenvalue weighted by Crippen LogP contribution is -2.04. The van der Waals surface area contributed by atoms with E-state index in [0.717, 1.165) is 37.2 Å². The summed E-state index contributed by atoms with van der Waals surface area (Å²) >= 11 is 1.78. The van der Waals surface area contributed by atoms with Crippen molar-refractivity contribution in [3.8, 4) is 0 Å². The summed E-state index contributed by atoms with van der Waals surface area (Å²) in [7, 11) is 2.03. The molecular formula is C18H27N3OS. The van der Waals surface area contributed by atoms with Crippen LogP contribution in [0, 0.1) is 0 Å². The first-order valence-electron chi connectivity index (χ1n) is 8.30. The van der Waals surface area contributed by atoms with E-state index < -0.39 is 0 Å². The van der Waals surface area contributed by atoms with Gasteiger partial charge in [0.2, 0.25) is 0 Å². The second-order valence-electron chi connectivity index (χ2n) is 5.51. The fourth-order valence-electron chi connectivity index (χ4n) is 2.71. The molecule has 0 unspecified atom stereocenters. The van der Waals surface area contributed by atoms with Gasteiger partial charge in [0, 0.05) is 47.8 Å². The average molecular weight is 334 g/mol. The topological polar surface area (TPSA) is 50.1 Å². The van der Waals surface area contributed by atoms with E-state index in [1.807, 2.05) is 11.7 Å². The van der Waals surface area contributed by atoms with E-state index in [0.29, 0.717) is 0 Å². The maximum absolute atomic E-state index is 8.82. The highest BCUT2D eigenvalue weighted by molar-refractivity contribution is 7.99. The zero-order chi connectivity index (χ0) is 16.7. The summed E-state index contributed by atoms with van der Waals surface area (Å²) in [6, 6.07) is 8.51. The van der Waals surface area contributed by atoms with E-state index >= 15 is 0 Å². The lowest BCUT2D eigenvalue weighted by molar-refractivity contribution is 0.296. The number of hydrogen-bond acceptors (Lipinski definition) is 4. The van der Waals surface area contributed by atoms with Gasteiger partial charge >= 0.3 is 0 Å². The molecule has 0 fully saturated rings. The molecule has 2 N–H and O–H groups in total. The van der Waals surface area contributed by atoms with Gasteiger partial charge in [-0.1, -0.05) is 13.8 Å². The summed E-state index contributed by atoms with van der Waals surface area (Å²) in [5.41, 5.74) is 4.96. The van der Waals surface area contributed by atoms with Gasteiger partial charge in [0.25, 0.3) is 0 Å². The van der Waals surface area contributed by atoms with E-state index in [2.05, 4.69) is 48.5 Å². The van der Waals surface area contributed by atoms with Gasteiger partial charge in [-0.25, -0.2) is 0 Å². The first-order chi connectivity index (χ1) is 11.2. The summed E-state index contributed by atoms with van der Waals surface area (Å²) in [5.74, 6) is 0.957. The van der Waals surface area contributed by atoms with E-state index in [9.17, 15) is 0 Å². The van der Waals surface area contributed by atoms with Crippen LogP contribution in [-0.2, 0) is 26.4 Å². The molecular weight excluding hydrogens is 306 g/mol. The molecule has 0 aliphatic heterocycles. The number of aliphatic hydroxyl groups excluding tert-OH is 1. The van der Waals surface area contributed by atoms with Crippen molar-refractivity contribution >= 4 is 17.4 Å². The Bertz CT molecular complexity index is 607. The second kappa shape index (κ2) is 8.99. The van der Waals surface area contributed by atoms with E-state index in [1.54, 1.807) is 11.8 Å². The first-order valence-corrected chi connectivity index (χ1v) is 9.29. The highest BCUT2D eigenvalue weighted by Crippen LogP contribution is 2.22. The number of benzene rings is 1. The number of hydrogen-bond donors (Lipinski definition) is 2. The molecule has 5 heteroatoms. The van der Waals surface area contributed by atoms with Gasteiger partial charge in [-0.15, -0.1) is 11.8 Å². The molecule has 0 amide bonds. The van der Waals surface area contributed by atoms with Crippen LogP contribution >= 0.6 is 11.8 Å². The quantitative estimate of drug-likeness (QED) is 0.543. The Labute approximate surface area is 143 Å². The Morgan fingerprint density at radius 2 is 1.91 bits per heavy atom. The minimum Gasteiger partial charge on any atom is -0.396 e. The third-order valence-corrected chi connectivity index (χ3v) is 5.02. The van der Waals surface area contributed by atoms with E-state index in [1.165, 1.54) is 21.8 Å². The highest BCUT2D eigenvalue weighted by Gasteiger charge is 2.13. The van der Waals surface area contributed by atoms with Crippen molar-refractivity contribution in [3.63, 3.8) is 0 Å². The van der Waals surface area contributed by atoms with Crippen LogP contribution in [0.3, 0.4) is 0 Å². The number of rotatable bonds is 9. The molecule has 126 valence electrons. The van der Waals surface area contributed by atoms with Crippen molar-refractivity contribution in [2.75, 3.05) is 17.7 Å². The molecule has 0 saturated heterocycles. The lowest BCUT2D eigenvalue weighted by Gasteiger charge is -2.09. The molecule has 2 aromatic rings. The summed E-state index contributed by atoms with van der Waals surface area (Å²) in [4.78, 5) is 1.24. The van der Waals surface area contributed by atoms with E-state index in [-0.39, 0.29) is 6.61 Å². The predicted molar refractivity (Wildman–Crippen MR) is 98.2 cm³/mol. The maximum atomic E-state index is 8.82. The molecule has 0 spiro atoms. The van der Waals surface area contributed by atoms with Crippen molar-refractivity contribution < 1.29 is 5.11 Å². The number of anilines is 1. The first kappa shape index (κ1) is 17.9. The number of aryl methyl sites for hydroxylation is 2. The molecule has 2 rings (SSSR count). The van der Waals surface area contributed by atoms with Crippen molar-refractivity contribution in [1.29, 1.82) is 0 Å². The van der Waals surface area contributed by atoms with Crippen LogP contribution in [0.5, 0.6) is 0 Å². The molecule has 0 aliphatic rings. The van der Waals surface area contributed by atoms with Crippen LogP contribution in [0.1, 0.15) is 37.2 Å². The summed E-state index contributed by atoms with van der Waals surface area (Å²) < 4.78 is 2.01. The zero-order valence-electron chi connectivity index (χ0n) is 14.3. The van der Waals surface area contributed by atoms with Crippen molar-refractivity contribution in [1.82, 2.24) is 9.78 Å². The van der Waals surface area contributed by atoms with Crippen LogP contribution in [0.25, 0.3) is 0 Å². The van der Waals surface area contributed by atoms with Crippen LogP contribution in [0.2, 0.25) is 0 Å². The third-order valence-electron chi connectivity index (χ3n) is 3.92. The van der Waals surface area contributed by atoms with Crippen LogP contribution in [0.4, 0.5) is 5.69 Å². The Morgan fingerprint density at radius 1 is 1.17 bits per heavy atom. The van der Waals surface area contributed by atoms with Gasteiger partial charge < -0.3 is 10.4 Å². The maximum Gasteiger partial charge on any atom is 0.0674 e. The van der Waals surface area contributed by atoms with Crippen LogP contribution in [0.15, 0.2) is 29.2 Å². The van der Waals surface area contributed by atoms with E-state index in [4.69, 9.17) is 5.11 Å². The van der Waals surface area contributed by atoms with Crippen molar-refractivity contribution in [3.05, 3.63) is 41.2 Å². The fraction of sp³-hybridized carbons (Fsp3) is 0.500. The average Bonchev–Trinajstić information content (AvgIpc) is 2.89. The molecule has 4 nitrogen and oxygen atoms in total. The highest BCUT2D eigenvalue weighted by atomic mass is 32.2. The van der Waals surface area contributed by atoms with Gasteiger partial charge in [0.05, 0.1) is 5.69 Å². The Hall–Kier alpha value is -1.46. The molecule has 23 heavy (non-hydrogen) atoms. The zero-order valence-corrected chi connectivity index (χ0v) is 15.1. The van der Waals surface area contributed by atoms with Crippen LogP contribution in [-0.4, -0.2) is 27.2 Å². The molecule has 0 bridgehead atoms. The largest absolute Gasteiger partial charge is 0.396 e. The van der Waals surface area contributed by atoms with Gasteiger partial charge in [0.15, 0.2) is 0 Å². The van der Waals surface area contributed by atoms with Gasteiger partial charge in [0.1, 0.15) is 0 Å². The molecule has 0 radical (unpaired) electrons. The lowest BCUT2D eigenvalue weighted by atomic mass is 10.1. The summed E-state index contributed by atoms with van der Waals surface area (Å²) in [5, 5.41) is 17.0. The van der Waals surface area contributed by atoms with Crippen molar-refractivity contribution in [2.45, 2.75) is 44.6 Å².